The van der Waals surface area contributed by atoms with E-state index in [1.54, 1.807) is 12.0 Å². The summed E-state index contributed by atoms with van der Waals surface area (Å²) in [5.41, 5.74) is 5.54. The van der Waals surface area contributed by atoms with Crippen LogP contribution in [0.4, 0.5) is 0 Å². The molecular formula is C29H29N3O5. The maximum Gasteiger partial charge on any atom is 0.273 e. The van der Waals surface area contributed by atoms with Gasteiger partial charge >= 0.3 is 0 Å². The van der Waals surface area contributed by atoms with Gasteiger partial charge in [-0.15, -0.1) is 0 Å². The van der Waals surface area contributed by atoms with Crippen molar-refractivity contribution in [2.24, 2.45) is 0 Å². The van der Waals surface area contributed by atoms with Crippen LogP contribution in [-0.2, 0) is 6.61 Å². The zero-order chi connectivity index (χ0) is 26.1. The first-order chi connectivity index (χ1) is 17.9. The number of methoxy groups -OCH3 is 1. The van der Waals surface area contributed by atoms with Crippen molar-refractivity contribution in [3.63, 3.8) is 0 Å². The number of aliphatic hydroxyl groups is 1. The van der Waals surface area contributed by atoms with Crippen molar-refractivity contribution < 1.29 is 24.5 Å². The van der Waals surface area contributed by atoms with E-state index >= 15 is 0 Å². The molecule has 1 aliphatic heterocycles. The van der Waals surface area contributed by atoms with Crippen molar-refractivity contribution in [3.8, 4) is 28.5 Å². The summed E-state index contributed by atoms with van der Waals surface area (Å²) in [6.07, 6.45) is 0. The van der Waals surface area contributed by atoms with Crippen molar-refractivity contribution in [2.45, 2.75) is 26.5 Å². The molecule has 1 amide bonds. The van der Waals surface area contributed by atoms with Crippen LogP contribution in [0.15, 0.2) is 60.7 Å². The number of amides is 1. The number of phenols is 1. The van der Waals surface area contributed by atoms with Crippen LogP contribution >= 0.6 is 0 Å². The van der Waals surface area contributed by atoms with Gasteiger partial charge in [-0.25, -0.2) is 0 Å². The van der Waals surface area contributed by atoms with Crippen LogP contribution in [0.3, 0.4) is 0 Å². The van der Waals surface area contributed by atoms with Gasteiger partial charge in [-0.1, -0.05) is 42.5 Å². The Morgan fingerprint density at radius 2 is 1.84 bits per heavy atom. The smallest absolute Gasteiger partial charge is 0.273 e. The number of nitrogens with zero attached hydrogens (tertiary/aromatic N) is 2. The third-order valence-corrected chi connectivity index (χ3v) is 6.65. The van der Waals surface area contributed by atoms with Gasteiger partial charge in [0, 0.05) is 17.7 Å². The Kier molecular flexibility index (Phi) is 6.58. The van der Waals surface area contributed by atoms with Gasteiger partial charge in [0.2, 0.25) is 0 Å². The number of benzene rings is 3. The largest absolute Gasteiger partial charge is 0.507 e. The summed E-state index contributed by atoms with van der Waals surface area (Å²) in [5, 5.41) is 27.9. The Morgan fingerprint density at radius 1 is 1.05 bits per heavy atom. The molecule has 8 heteroatoms. The Morgan fingerprint density at radius 3 is 2.57 bits per heavy atom. The molecule has 3 aromatic carbocycles. The topological polar surface area (TPSA) is 108 Å². The highest BCUT2D eigenvalue weighted by molar-refractivity contribution is 6.00. The summed E-state index contributed by atoms with van der Waals surface area (Å²) in [6, 6.07) is 18.6. The third kappa shape index (κ3) is 4.40. The summed E-state index contributed by atoms with van der Waals surface area (Å²) in [7, 11) is 1.57. The fourth-order valence-electron chi connectivity index (χ4n) is 4.94. The van der Waals surface area contributed by atoms with E-state index in [2.05, 4.69) is 10.2 Å². The molecule has 1 aromatic heterocycles. The number of carbonyl (C=O) groups is 1. The first kappa shape index (κ1) is 24.4. The minimum absolute atomic E-state index is 0.119. The van der Waals surface area contributed by atoms with Gasteiger partial charge in [-0.3, -0.25) is 9.89 Å². The number of fused-ring (bicyclic) bond motifs is 1. The highest BCUT2D eigenvalue weighted by atomic mass is 16.5. The molecule has 0 unspecified atom stereocenters. The maximum atomic E-state index is 13.3. The molecule has 3 N–H and O–H groups in total. The lowest BCUT2D eigenvalue weighted by Crippen LogP contribution is -2.32. The normalized spacial score (nSPS) is 14.6. The van der Waals surface area contributed by atoms with Crippen LogP contribution in [0, 0.1) is 13.8 Å². The number of rotatable bonds is 8. The molecule has 37 heavy (non-hydrogen) atoms. The van der Waals surface area contributed by atoms with E-state index in [0.717, 1.165) is 22.3 Å². The van der Waals surface area contributed by atoms with Crippen molar-refractivity contribution in [1.82, 2.24) is 15.1 Å². The van der Waals surface area contributed by atoms with Gasteiger partial charge in [0.05, 0.1) is 19.8 Å². The lowest BCUT2D eigenvalue weighted by Gasteiger charge is -2.26. The summed E-state index contributed by atoms with van der Waals surface area (Å²) in [5.74, 6) is 0.958. The zero-order valence-corrected chi connectivity index (χ0v) is 21.0. The Hall–Kier alpha value is -4.30. The van der Waals surface area contributed by atoms with E-state index < -0.39 is 6.04 Å². The number of aromatic nitrogens is 2. The number of ether oxygens (including phenoxy) is 2. The maximum absolute atomic E-state index is 13.3. The lowest BCUT2D eigenvalue weighted by atomic mass is 9.94. The van der Waals surface area contributed by atoms with Gasteiger partial charge in [-0.05, 0) is 54.3 Å². The fraction of sp³-hybridized carbons (Fsp3) is 0.241. The number of phenolic OH excluding ortho intramolecular Hbond substituents is 1. The van der Waals surface area contributed by atoms with Crippen LogP contribution < -0.4 is 9.47 Å². The summed E-state index contributed by atoms with van der Waals surface area (Å²) in [4.78, 5) is 14.9. The third-order valence-electron chi connectivity index (χ3n) is 6.65. The van der Waals surface area contributed by atoms with Crippen molar-refractivity contribution in [2.75, 3.05) is 20.3 Å². The molecule has 1 atom stereocenters. The molecule has 0 saturated carbocycles. The Bertz CT molecular complexity index is 1450. The molecule has 190 valence electrons. The minimum atomic E-state index is -0.541. The van der Waals surface area contributed by atoms with Crippen LogP contribution in [0.5, 0.6) is 17.2 Å². The second kappa shape index (κ2) is 9.99. The number of aliphatic hydroxyl groups excluding tert-OH is 1. The van der Waals surface area contributed by atoms with Crippen molar-refractivity contribution >= 4 is 5.91 Å². The van der Waals surface area contributed by atoms with Crippen LogP contribution in [-0.4, -0.2) is 51.5 Å². The molecule has 0 saturated heterocycles. The Labute approximate surface area is 215 Å². The van der Waals surface area contributed by atoms with E-state index in [1.807, 2.05) is 74.5 Å². The van der Waals surface area contributed by atoms with Crippen LogP contribution in [0.2, 0.25) is 0 Å². The second-order valence-corrected chi connectivity index (χ2v) is 9.15. The number of nitrogens with one attached hydrogen (secondary N) is 1. The summed E-state index contributed by atoms with van der Waals surface area (Å²) in [6.45, 7) is 4.11. The highest BCUT2D eigenvalue weighted by Gasteiger charge is 2.42. The molecule has 0 bridgehead atoms. The molecule has 0 radical (unpaired) electrons. The molecule has 0 spiro atoms. The van der Waals surface area contributed by atoms with E-state index in [9.17, 15) is 15.0 Å². The van der Waals surface area contributed by atoms with Gasteiger partial charge in [-0.2, -0.15) is 5.10 Å². The predicted molar refractivity (Wildman–Crippen MR) is 139 cm³/mol. The first-order valence-corrected chi connectivity index (χ1v) is 12.1. The molecule has 8 nitrogen and oxygen atoms in total. The summed E-state index contributed by atoms with van der Waals surface area (Å²) >= 11 is 0. The Balaban J connectivity index is 1.58. The molecule has 4 aromatic rings. The van der Waals surface area contributed by atoms with Gasteiger partial charge in [0.25, 0.3) is 5.91 Å². The van der Waals surface area contributed by atoms with Gasteiger partial charge < -0.3 is 24.6 Å². The number of hydrogen-bond donors (Lipinski definition) is 3. The molecule has 2 heterocycles. The van der Waals surface area contributed by atoms with E-state index in [4.69, 9.17) is 9.47 Å². The van der Waals surface area contributed by atoms with Gasteiger partial charge in [0.1, 0.15) is 23.7 Å². The lowest BCUT2D eigenvalue weighted by molar-refractivity contribution is 0.0706. The molecule has 1 aliphatic rings. The van der Waals surface area contributed by atoms with Crippen LogP contribution in [0.25, 0.3) is 11.3 Å². The molecule has 0 aliphatic carbocycles. The van der Waals surface area contributed by atoms with E-state index in [-0.39, 0.29) is 24.8 Å². The zero-order valence-electron chi connectivity index (χ0n) is 21.0. The predicted octanol–water partition coefficient (Wildman–Crippen LogP) is 4.52. The minimum Gasteiger partial charge on any atom is -0.507 e. The molecular weight excluding hydrogens is 470 g/mol. The number of carbonyl (C=O) groups excluding carboxylic acids is 1. The van der Waals surface area contributed by atoms with E-state index in [0.29, 0.717) is 40.6 Å². The second-order valence-electron chi connectivity index (χ2n) is 9.15. The van der Waals surface area contributed by atoms with Crippen molar-refractivity contribution in [1.29, 1.82) is 0 Å². The summed E-state index contributed by atoms with van der Waals surface area (Å²) < 4.78 is 11.7. The highest BCUT2D eigenvalue weighted by Crippen LogP contribution is 2.46. The van der Waals surface area contributed by atoms with Crippen molar-refractivity contribution in [3.05, 3.63) is 94.2 Å². The van der Waals surface area contributed by atoms with Gasteiger partial charge in [0.15, 0.2) is 11.5 Å². The number of hydrogen-bond acceptors (Lipinski definition) is 6. The number of aromatic hydroxyl groups is 1. The van der Waals surface area contributed by atoms with Crippen LogP contribution in [0.1, 0.15) is 44.3 Å². The molecule has 0 fully saturated rings. The molecule has 5 rings (SSSR count). The first-order valence-electron chi connectivity index (χ1n) is 12.1. The average molecular weight is 500 g/mol. The monoisotopic (exact) mass is 499 g/mol. The number of β-amino-alcohol motifs (C(OH)–C–C–N with tert-alkyl or cyclic N) is 1. The average Bonchev–Trinajstić information content (AvgIpc) is 3.44. The number of H-pyrrole nitrogens is 1. The standard InChI is InChI=1S/C29H29N3O5/c1-17-13-18(2)28(34)21(14-17)25-24-26(31-30-25)29(35)32(11-12-33)27(24)20-9-10-22(23(15-20)36-3)37-16-19-7-5-4-6-8-19/h4-10,13-15,27,33-34H,11-12,16H2,1-3H3,(H,30,31)/t27-/m0/s1. The quantitative estimate of drug-likeness (QED) is 0.329. The number of aromatic amines is 1. The fourth-order valence-corrected chi connectivity index (χ4v) is 4.94. The number of aryl methyl sites for hydroxylation is 2. The van der Waals surface area contributed by atoms with E-state index in [1.165, 1.54) is 0 Å². The SMILES string of the molecule is COc1cc([C@H]2c3c(-c4cc(C)cc(C)c4O)n[nH]c3C(=O)N2CCO)ccc1OCc1ccccc1.